The Morgan fingerprint density at radius 1 is 1.10 bits per heavy atom. The highest BCUT2D eigenvalue weighted by Gasteiger charge is 2.43. The molecule has 1 aromatic carbocycles. The molecule has 0 aromatic heterocycles. The molecule has 1 heterocycles. The molecule has 0 unspecified atom stereocenters. The van der Waals surface area contributed by atoms with Gasteiger partial charge in [-0.15, -0.1) is 0 Å². The molecule has 5 heteroatoms. The van der Waals surface area contributed by atoms with E-state index >= 15 is 0 Å². The number of hydrogen-bond donors (Lipinski definition) is 1. The number of ketones is 1. The Morgan fingerprint density at radius 2 is 1.77 bits per heavy atom. The smallest absolute Gasteiger partial charge is 0.337 e. The van der Waals surface area contributed by atoms with Gasteiger partial charge in [-0.05, 0) is 62.1 Å². The van der Waals surface area contributed by atoms with E-state index in [-0.39, 0.29) is 23.3 Å². The molecule has 1 saturated carbocycles. The lowest BCUT2D eigenvalue weighted by atomic mass is 9.68. The van der Waals surface area contributed by atoms with Crippen molar-refractivity contribution in [1.82, 2.24) is 5.32 Å². The van der Waals surface area contributed by atoms with Crippen LogP contribution in [0.5, 0.6) is 5.75 Å². The minimum Gasteiger partial charge on any atom is -0.497 e. The van der Waals surface area contributed by atoms with Gasteiger partial charge in [0, 0.05) is 29.3 Å². The molecule has 1 aromatic rings. The minimum atomic E-state index is -0.412. The number of ether oxygens (including phenoxy) is 2. The first kappa shape index (κ1) is 20.7. The van der Waals surface area contributed by atoms with Gasteiger partial charge in [-0.3, -0.25) is 4.79 Å². The summed E-state index contributed by atoms with van der Waals surface area (Å²) in [6.07, 6.45) is 5.26. The Balaban J connectivity index is 1.77. The molecule has 1 atom stereocenters. The summed E-state index contributed by atoms with van der Waals surface area (Å²) in [5, 5.41) is 3.40. The van der Waals surface area contributed by atoms with Gasteiger partial charge >= 0.3 is 5.97 Å². The van der Waals surface area contributed by atoms with Gasteiger partial charge < -0.3 is 14.8 Å². The average molecular weight is 410 g/mol. The van der Waals surface area contributed by atoms with Crippen molar-refractivity contribution in [2.24, 2.45) is 5.41 Å². The summed E-state index contributed by atoms with van der Waals surface area (Å²) in [6, 6.07) is 7.65. The number of nitrogens with one attached hydrogen (secondary N) is 1. The van der Waals surface area contributed by atoms with E-state index in [2.05, 4.69) is 19.2 Å². The average Bonchev–Trinajstić information content (AvgIpc) is 3.18. The van der Waals surface area contributed by atoms with Crippen molar-refractivity contribution >= 4 is 11.8 Å². The molecule has 30 heavy (non-hydrogen) atoms. The predicted octanol–water partition coefficient (Wildman–Crippen LogP) is 4.79. The highest BCUT2D eigenvalue weighted by molar-refractivity contribution is 6.04. The summed E-state index contributed by atoms with van der Waals surface area (Å²) in [4.78, 5) is 26.6. The van der Waals surface area contributed by atoms with E-state index in [1.54, 1.807) is 7.11 Å². The molecule has 1 fully saturated rings. The van der Waals surface area contributed by atoms with Crippen molar-refractivity contribution < 1.29 is 19.1 Å². The molecule has 0 spiro atoms. The fourth-order valence-electron chi connectivity index (χ4n) is 5.06. The summed E-state index contributed by atoms with van der Waals surface area (Å²) in [5.41, 5.74) is 3.79. The number of Topliss-reactive ketones (excluding diaryl/α,β-unsaturated/α-hetero) is 1. The number of benzene rings is 1. The van der Waals surface area contributed by atoms with E-state index in [9.17, 15) is 9.59 Å². The van der Waals surface area contributed by atoms with Crippen LogP contribution in [-0.4, -0.2) is 25.0 Å². The normalized spacial score (nSPS) is 23.9. The van der Waals surface area contributed by atoms with Crippen LogP contribution in [0.4, 0.5) is 0 Å². The van der Waals surface area contributed by atoms with Crippen molar-refractivity contribution in [3.8, 4) is 5.75 Å². The molecule has 0 amide bonds. The van der Waals surface area contributed by atoms with Crippen molar-refractivity contribution in [1.29, 1.82) is 0 Å². The molecule has 1 aliphatic heterocycles. The molecular formula is C25H31NO4. The summed E-state index contributed by atoms with van der Waals surface area (Å²) >= 11 is 0. The van der Waals surface area contributed by atoms with Crippen LogP contribution in [0.3, 0.4) is 0 Å². The Labute approximate surface area is 178 Å². The summed E-state index contributed by atoms with van der Waals surface area (Å²) in [6.45, 7) is 6.14. The largest absolute Gasteiger partial charge is 0.497 e. The van der Waals surface area contributed by atoms with Gasteiger partial charge in [-0.25, -0.2) is 4.79 Å². The first-order chi connectivity index (χ1) is 14.3. The van der Waals surface area contributed by atoms with Crippen LogP contribution >= 0.6 is 0 Å². The number of dihydropyridines is 1. The molecule has 0 radical (unpaired) electrons. The first-order valence-electron chi connectivity index (χ1n) is 10.9. The lowest BCUT2D eigenvalue weighted by Gasteiger charge is -2.39. The quantitative estimate of drug-likeness (QED) is 0.725. The monoisotopic (exact) mass is 409 g/mol. The van der Waals surface area contributed by atoms with Gasteiger partial charge in [0.25, 0.3) is 0 Å². The lowest BCUT2D eigenvalue weighted by Crippen LogP contribution is -2.39. The third kappa shape index (κ3) is 3.90. The van der Waals surface area contributed by atoms with Crippen LogP contribution in [-0.2, 0) is 14.3 Å². The second-order valence-electron chi connectivity index (χ2n) is 9.51. The molecule has 2 aliphatic carbocycles. The fourth-order valence-corrected chi connectivity index (χ4v) is 5.06. The van der Waals surface area contributed by atoms with E-state index in [4.69, 9.17) is 9.47 Å². The van der Waals surface area contributed by atoms with Crippen LogP contribution in [0, 0.1) is 5.41 Å². The molecule has 3 aliphatic rings. The highest BCUT2D eigenvalue weighted by atomic mass is 16.5. The van der Waals surface area contributed by atoms with Gasteiger partial charge in [0.1, 0.15) is 11.9 Å². The van der Waals surface area contributed by atoms with E-state index in [0.29, 0.717) is 17.6 Å². The third-order valence-corrected chi connectivity index (χ3v) is 6.48. The molecule has 5 nitrogen and oxygen atoms in total. The van der Waals surface area contributed by atoms with Gasteiger partial charge in [-0.1, -0.05) is 26.0 Å². The zero-order chi connectivity index (χ0) is 21.5. The van der Waals surface area contributed by atoms with E-state index in [1.807, 2.05) is 31.2 Å². The minimum absolute atomic E-state index is 0.0225. The number of hydrogen-bond acceptors (Lipinski definition) is 5. The maximum absolute atomic E-state index is 13.3. The Morgan fingerprint density at radius 3 is 2.40 bits per heavy atom. The molecule has 1 N–H and O–H groups in total. The van der Waals surface area contributed by atoms with Crippen LogP contribution in [0.2, 0.25) is 0 Å². The number of carbonyl (C=O) groups is 2. The molecule has 160 valence electrons. The number of allylic oxidation sites excluding steroid dienone is 3. The van der Waals surface area contributed by atoms with Gasteiger partial charge in [0.2, 0.25) is 0 Å². The van der Waals surface area contributed by atoms with E-state index in [0.717, 1.165) is 54.8 Å². The topological polar surface area (TPSA) is 64.6 Å². The van der Waals surface area contributed by atoms with Crippen LogP contribution in [0.1, 0.15) is 70.8 Å². The van der Waals surface area contributed by atoms with Gasteiger partial charge in [0.15, 0.2) is 5.78 Å². The molecular weight excluding hydrogens is 378 g/mol. The van der Waals surface area contributed by atoms with E-state index < -0.39 is 5.92 Å². The standard InChI is InChI=1S/C25H31NO4/c1-15-21(24(28)30-18-7-5-6-8-18)22(16-9-11-17(29-4)12-10-16)23-19(26-15)13-25(2,3)14-20(23)27/h9-12,18,22,26H,5-8,13-14H2,1-4H3/t22-/m1/s1. The molecule has 0 saturated heterocycles. The predicted molar refractivity (Wildman–Crippen MR) is 115 cm³/mol. The summed E-state index contributed by atoms with van der Waals surface area (Å²) in [7, 11) is 1.63. The zero-order valence-corrected chi connectivity index (χ0v) is 18.3. The fraction of sp³-hybridized carbons (Fsp3) is 0.520. The second-order valence-corrected chi connectivity index (χ2v) is 9.51. The van der Waals surface area contributed by atoms with Gasteiger partial charge in [-0.2, -0.15) is 0 Å². The Bertz CT molecular complexity index is 917. The van der Waals surface area contributed by atoms with Gasteiger partial charge in [0.05, 0.1) is 12.7 Å². The second kappa shape index (κ2) is 7.93. The number of esters is 1. The Hall–Kier alpha value is -2.56. The molecule has 0 bridgehead atoms. The third-order valence-electron chi connectivity index (χ3n) is 6.48. The first-order valence-corrected chi connectivity index (χ1v) is 10.9. The van der Waals surface area contributed by atoms with Crippen LogP contribution < -0.4 is 10.1 Å². The SMILES string of the molecule is COc1ccc([C@@H]2C(C(=O)OC3CCCC3)=C(C)NC3=C2C(=O)CC(C)(C)C3)cc1. The lowest BCUT2D eigenvalue weighted by molar-refractivity contribution is -0.144. The number of rotatable bonds is 4. The van der Waals surface area contributed by atoms with Crippen molar-refractivity contribution in [3.63, 3.8) is 0 Å². The van der Waals surface area contributed by atoms with Crippen molar-refractivity contribution in [2.45, 2.75) is 71.3 Å². The molecule has 4 rings (SSSR count). The van der Waals surface area contributed by atoms with Crippen molar-refractivity contribution in [3.05, 3.63) is 52.4 Å². The van der Waals surface area contributed by atoms with Crippen LogP contribution in [0.25, 0.3) is 0 Å². The summed E-state index contributed by atoms with van der Waals surface area (Å²) < 4.78 is 11.2. The maximum atomic E-state index is 13.3. The van der Waals surface area contributed by atoms with Crippen LogP contribution in [0.15, 0.2) is 46.8 Å². The number of methoxy groups -OCH3 is 1. The zero-order valence-electron chi connectivity index (χ0n) is 18.3. The summed E-state index contributed by atoms with van der Waals surface area (Å²) in [5.74, 6) is 0.128. The highest BCUT2D eigenvalue weighted by Crippen LogP contribution is 2.47. The van der Waals surface area contributed by atoms with Crippen molar-refractivity contribution in [2.75, 3.05) is 7.11 Å². The van der Waals surface area contributed by atoms with E-state index in [1.165, 1.54) is 0 Å². The maximum Gasteiger partial charge on any atom is 0.337 e. The Kier molecular flexibility index (Phi) is 5.48. The number of carbonyl (C=O) groups excluding carboxylic acids is 2.